The molecule has 0 spiro atoms. The molecule has 0 rings (SSSR count). The van der Waals surface area contributed by atoms with E-state index in [1.54, 1.807) is 20.8 Å². The second-order valence-electron chi connectivity index (χ2n) is 5.32. The second-order valence-corrected chi connectivity index (χ2v) is 5.32. The fourth-order valence-electron chi connectivity index (χ4n) is 1.57. The van der Waals surface area contributed by atoms with E-state index in [1.807, 2.05) is 13.8 Å². The Hall–Kier alpha value is -1.10. The number of rotatable bonds is 5. The predicted molar refractivity (Wildman–Crippen MR) is 66.6 cm³/mol. The first-order valence-corrected chi connectivity index (χ1v) is 5.91. The minimum Gasteiger partial charge on any atom is -0.480 e. The third kappa shape index (κ3) is 4.00. The van der Waals surface area contributed by atoms with E-state index in [9.17, 15) is 9.59 Å². The van der Waals surface area contributed by atoms with Gasteiger partial charge in [0.1, 0.15) is 6.54 Å². The molecule has 0 aliphatic heterocycles. The van der Waals surface area contributed by atoms with Gasteiger partial charge in [-0.3, -0.25) is 9.59 Å². The molecule has 0 aromatic carbocycles. The zero-order valence-electron chi connectivity index (χ0n) is 11.4. The fourth-order valence-corrected chi connectivity index (χ4v) is 1.57. The van der Waals surface area contributed by atoms with Crippen molar-refractivity contribution in [3.63, 3.8) is 0 Å². The summed E-state index contributed by atoms with van der Waals surface area (Å²) in [7, 11) is 0. The minimum absolute atomic E-state index is 0.294. The van der Waals surface area contributed by atoms with Crippen LogP contribution in [0.5, 0.6) is 0 Å². The van der Waals surface area contributed by atoms with Gasteiger partial charge in [-0.05, 0) is 33.6 Å². The van der Waals surface area contributed by atoms with Crippen LogP contribution in [0.25, 0.3) is 0 Å². The van der Waals surface area contributed by atoms with Crippen LogP contribution in [0, 0.1) is 0 Å². The highest BCUT2D eigenvalue weighted by Gasteiger charge is 2.39. The van der Waals surface area contributed by atoms with Gasteiger partial charge in [0.25, 0.3) is 0 Å². The van der Waals surface area contributed by atoms with Gasteiger partial charge < -0.3 is 15.7 Å². The van der Waals surface area contributed by atoms with Gasteiger partial charge in [-0.25, -0.2) is 0 Å². The molecule has 0 atom stereocenters. The highest BCUT2D eigenvalue weighted by atomic mass is 16.4. The van der Waals surface area contributed by atoms with Crippen molar-refractivity contribution in [2.75, 3.05) is 6.54 Å². The maximum absolute atomic E-state index is 12.3. The number of carbonyl (C=O) groups excluding carboxylic acids is 1. The Bertz CT molecular complexity index is 291. The molecule has 0 aliphatic carbocycles. The molecule has 5 nitrogen and oxygen atoms in total. The van der Waals surface area contributed by atoms with Gasteiger partial charge in [0, 0.05) is 5.54 Å². The number of hydrogen-bond acceptors (Lipinski definition) is 3. The standard InChI is InChI=1S/C12H24N2O3/c1-6-12(13,7-2)10(17)14(8-9(15)16)11(3,4)5/h6-8,13H2,1-5H3,(H,15,16). The maximum Gasteiger partial charge on any atom is 0.323 e. The number of aliphatic carboxylic acids is 1. The smallest absolute Gasteiger partial charge is 0.323 e. The summed E-state index contributed by atoms with van der Waals surface area (Å²) in [6.07, 6.45) is 0.989. The van der Waals surface area contributed by atoms with Crippen LogP contribution >= 0.6 is 0 Å². The van der Waals surface area contributed by atoms with E-state index < -0.39 is 17.0 Å². The molecule has 0 aromatic rings. The Morgan fingerprint density at radius 2 is 1.59 bits per heavy atom. The van der Waals surface area contributed by atoms with Crippen LogP contribution in [0.3, 0.4) is 0 Å². The molecule has 0 fully saturated rings. The van der Waals surface area contributed by atoms with Crippen molar-refractivity contribution in [1.29, 1.82) is 0 Å². The topological polar surface area (TPSA) is 83.6 Å². The van der Waals surface area contributed by atoms with Crippen LogP contribution in [-0.4, -0.2) is 39.5 Å². The number of carboxylic acid groups (broad SMARTS) is 1. The van der Waals surface area contributed by atoms with Crippen LogP contribution in [0.4, 0.5) is 0 Å². The molecule has 0 bridgehead atoms. The van der Waals surface area contributed by atoms with E-state index in [1.165, 1.54) is 4.90 Å². The first-order chi connectivity index (χ1) is 7.58. The van der Waals surface area contributed by atoms with Gasteiger partial charge in [0.05, 0.1) is 5.54 Å². The van der Waals surface area contributed by atoms with Crippen molar-refractivity contribution in [3.8, 4) is 0 Å². The first-order valence-electron chi connectivity index (χ1n) is 5.91. The Kier molecular flexibility index (Phi) is 5.13. The van der Waals surface area contributed by atoms with E-state index in [0.29, 0.717) is 12.8 Å². The van der Waals surface area contributed by atoms with Gasteiger partial charge in [-0.15, -0.1) is 0 Å². The summed E-state index contributed by atoms with van der Waals surface area (Å²) in [6.45, 7) is 8.77. The van der Waals surface area contributed by atoms with Crippen LogP contribution < -0.4 is 5.73 Å². The van der Waals surface area contributed by atoms with E-state index in [-0.39, 0.29) is 12.5 Å². The molecule has 100 valence electrons. The SMILES string of the molecule is CCC(N)(CC)C(=O)N(CC(=O)O)C(C)(C)C. The molecule has 0 unspecified atom stereocenters. The van der Waals surface area contributed by atoms with Crippen molar-refractivity contribution in [3.05, 3.63) is 0 Å². The molecular formula is C12H24N2O3. The third-order valence-electron chi connectivity index (χ3n) is 3.04. The number of carboxylic acids is 1. The van der Waals surface area contributed by atoms with Gasteiger partial charge in [-0.1, -0.05) is 13.8 Å². The summed E-state index contributed by atoms with van der Waals surface area (Å²) in [5.74, 6) is -1.32. The van der Waals surface area contributed by atoms with Crippen molar-refractivity contribution < 1.29 is 14.7 Å². The lowest BCUT2D eigenvalue weighted by Gasteiger charge is -2.40. The molecule has 0 heterocycles. The molecule has 0 radical (unpaired) electrons. The van der Waals surface area contributed by atoms with E-state index in [2.05, 4.69) is 0 Å². The summed E-state index contributed by atoms with van der Waals surface area (Å²) in [5.41, 5.74) is 4.51. The van der Waals surface area contributed by atoms with Crippen LogP contribution in [0.2, 0.25) is 0 Å². The van der Waals surface area contributed by atoms with E-state index in [4.69, 9.17) is 10.8 Å². The fraction of sp³-hybridized carbons (Fsp3) is 0.833. The Balaban J connectivity index is 5.20. The predicted octanol–water partition coefficient (Wildman–Crippen LogP) is 1.22. The van der Waals surface area contributed by atoms with Crippen LogP contribution in [0.15, 0.2) is 0 Å². The molecule has 0 aromatic heterocycles. The lowest BCUT2D eigenvalue weighted by molar-refractivity contribution is -0.151. The third-order valence-corrected chi connectivity index (χ3v) is 3.04. The van der Waals surface area contributed by atoms with Crippen molar-refractivity contribution in [2.24, 2.45) is 5.73 Å². The quantitative estimate of drug-likeness (QED) is 0.761. The monoisotopic (exact) mass is 244 g/mol. The molecule has 17 heavy (non-hydrogen) atoms. The highest BCUT2D eigenvalue weighted by Crippen LogP contribution is 2.21. The molecule has 0 aliphatic rings. The second kappa shape index (κ2) is 5.49. The summed E-state index contributed by atoms with van der Waals surface area (Å²) in [6, 6.07) is 0. The normalized spacial score (nSPS) is 12.4. The highest BCUT2D eigenvalue weighted by molar-refractivity contribution is 5.89. The summed E-state index contributed by atoms with van der Waals surface area (Å²) >= 11 is 0. The van der Waals surface area contributed by atoms with Crippen LogP contribution in [-0.2, 0) is 9.59 Å². The van der Waals surface area contributed by atoms with Crippen LogP contribution in [0.1, 0.15) is 47.5 Å². The van der Waals surface area contributed by atoms with E-state index in [0.717, 1.165) is 0 Å². The van der Waals surface area contributed by atoms with E-state index >= 15 is 0 Å². The molecule has 1 amide bonds. The van der Waals surface area contributed by atoms with Gasteiger partial charge in [-0.2, -0.15) is 0 Å². The molecule has 0 saturated heterocycles. The number of nitrogens with zero attached hydrogens (tertiary/aromatic N) is 1. The summed E-state index contributed by atoms with van der Waals surface area (Å²) in [4.78, 5) is 24.5. The van der Waals surface area contributed by atoms with Crippen molar-refractivity contribution in [1.82, 2.24) is 4.90 Å². The average Bonchev–Trinajstić information content (AvgIpc) is 2.22. The minimum atomic E-state index is -1.03. The van der Waals surface area contributed by atoms with Crippen molar-refractivity contribution >= 4 is 11.9 Å². The number of carbonyl (C=O) groups is 2. The summed E-state index contributed by atoms with van der Waals surface area (Å²) in [5, 5.41) is 8.87. The van der Waals surface area contributed by atoms with Gasteiger partial charge in [0.15, 0.2) is 0 Å². The maximum atomic E-state index is 12.3. The number of hydrogen-bond donors (Lipinski definition) is 2. The molecular weight excluding hydrogens is 220 g/mol. The summed E-state index contributed by atoms with van der Waals surface area (Å²) < 4.78 is 0. The Morgan fingerprint density at radius 1 is 1.18 bits per heavy atom. The zero-order valence-corrected chi connectivity index (χ0v) is 11.4. The van der Waals surface area contributed by atoms with Gasteiger partial charge in [0.2, 0.25) is 5.91 Å². The first kappa shape index (κ1) is 15.9. The molecule has 5 heteroatoms. The molecule has 0 saturated carbocycles. The lowest BCUT2D eigenvalue weighted by atomic mass is 9.90. The molecule has 3 N–H and O–H groups in total. The lowest BCUT2D eigenvalue weighted by Crippen LogP contribution is -2.60. The zero-order chi connectivity index (χ0) is 13.9. The number of amides is 1. The van der Waals surface area contributed by atoms with Gasteiger partial charge >= 0.3 is 5.97 Å². The van der Waals surface area contributed by atoms with Crippen molar-refractivity contribution in [2.45, 2.75) is 58.5 Å². The Labute approximate surface area is 103 Å². The Morgan fingerprint density at radius 3 is 1.82 bits per heavy atom. The largest absolute Gasteiger partial charge is 0.480 e. The average molecular weight is 244 g/mol. The number of nitrogens with two attached hydrogens (primary N) is 1.